The Hall–Kier alpha value is -0.770. The molecule has 2 saturated carbocycles. The van der Waals surface area contributed by atoms with Crippen LogP contribution in [0.3, 0.4) is 0 Å². The van der Waals surface area contributed by atoms with E-state index in [-0.39, 0.29) is 18.2 Å². The molecule has 2 aliphatic carbocycles. The van der Waals surface area contributed by atoms with Crippen LogP contribution in [-0.2, 0) is 0 Å². The summed E-state index contributed by atoms with van der Waals surface area (Å²) in [6.07, 6.45) is 7.71. The monoisotopic (exact) mass is 266 g/mol. The number of rotatable bonds is 2. The molecule has 0 aromatic rings. The Kier molecular flexibility index (Phi) is 3.46. The van der Waals surface area contributed by atoms with Gasteiger partial charge in [-0.25, -0.2) is 4.79 Å². The lowest BCUT2D eigenvalue weighted by Crippen LogP contribution is -2.52. The molecule has 19 heavy (non-hydrogen) atoms. The van der Waals surface area contributed by atoms with Crippen molar-refractivity contribution in [3.8, 4) is 0 Å². The second-order valence-corrected chi connectivity index (χ2v) is 6.57. The summed E-state index contributed by atoms with van der Waals surface area (Å²) in [5.41, 5.74) is 0.318. The van der Waals surface area contributed by atoms with Crippen molar-refractivity contribution >= 4 is 6.03 Å². The third-order valence-electron chi connectivity index (χ3n) is 5.66. The third-order valence-corrected chi connectivity index (χ3v) is 5.66. The van der Waals surface area contributed by atoms with E-state index in [1.807, 2.05) is 11.8 Å². The number of carbonyl (C=O) groups is 1. The van der Waals surface area contributed by atoms with Crippen LogP contribution in [0.2, 0.25) is 0 Å². The number of urea groups is 1. The summed E-state index contributed by atoms with van der Waals surface area (Å²) in [7, 11) is 0. The molecule has 0 aromatic carbocycles. The van der Waals surface area contributed by atoms with Gasteiger partial charge in [0.1, 0.15) is 0 Å². The lowest BCUT2D eigenvalue weighted by molar-refractivity contribution is -0.00520. The molecule has 1 saturated heterocycles. The average molecular weight is 266 g/mol. The van der Waals surface area contributed by atoms with Crippen LogP contribution in [-0.4, -0.2) is 52.7 Å². The van der Waals surface area contributed by atoms with E-state index in [9.17, 15) is 9.90 Å². The first-order chi connectivity index (χ1) is 9.16. The highest BCUT2D eigenvalue weighted by molar-refractivity contribution is 5.77. The SMILES string of the molecule is CCN1CCN(C2CC(O)CCC23CCCC3)C1=O. The summed E-state index contributed by atoms with van der Waals surface area (Å²) in [4.78, 5) is 16.5. The van der Waals surface area contributed by atoms with Crippen LogP contribution >= 0.6 is 0 Å². The molecular formula is C15H26N2O2. The zero-order valence-electron chi connectivity index (χ0n) is 12.0. The van der Waals surface area contributed by atoms with Crippen molar-refractivity contribution in [3.05, 3.63) is 0 Å². The fourth-order valence-electron chi connectivity index (χ4n) is 4.55. The number of aliphatic hydroxyl groups is 1. The Balaban J connectivity index is 1.81. The number of hydrogen-bond donors (Lipinski definition) is 1. The minimum atomic E-state index is -0.209. The fraction of sp³-hybridized carbons (Fsp3) is 0.933. The molecule has 3 aliphatic rings. The van der Waals surface area contributed by atoms with Crippen LogP contribution in [0.25, 0.3) is 0 Å². The zero-order valence-corrected chi connectivity index (χ0v) is 12.0. The highest BCUT2D eigenvalue weighted by Crippen LogP contribution is 2.51. The second-order valence-electron chi connectivity index (χ2n) is 6.57. The fourth-order valence-corrected chi connectivity index (χ4v) is 4.55. The normalized spacial score (nSPS) is 34.5. The smallest absolute Gasteiger partial charge is 0.320 e. The van der Waals surface area contributed by atoms with E-state index in [1.54, 1.807) is 0 Å². The Morgan fingerprint density at radius 3 is 2.63 bits per heavy atom. The van der Waals surface area contributed by atoms with E-state index in [0.29, 0.717) is 5.41 Å². The van der Waals surface area contributed by atoms with Crippen LogP contribution in [0.15, 0.2) is 0 Å². The minimum Gasteiger partial charge on any atom is -0.393 e. The number of nitrogens with zero attached hydrogens (tertiary/aromatic N) is 2. The van der Waals surface area contributed by atoms with Gasteiger partial charge >= 0.3 is 6.03 Å². The molecule has 2 atom stereocenters. The van der Waals surface area contributed by atoms with Crippen molar-refractivity contribution in [1.29, 1.82) is 0 Å². The van der Waals surface area contributed by atoms with E-state index in [1.165, 1.54) is 25.7 Å². The summed E-state index contributed by atoms with van der Waals surface area (Å²) >= 11 is 0. The molecule has 2 amide bonds. The third kappa shape index (κ3) is 2.14. The summed E-state index contributed by atoms with van der Waals surface area (Å²) in [5, 5.41) is 10.0. The van der Waals surface area contributed by atoms with Gasteiger partial charge in [-0.1, -0.05) is 12.8 Å². The molecule has 3 rings (SSSR count). The van der Waals surface area contributed by atoms with E-state index in [2.05, 4.69) is 4.90 Å². The molecular weight excluding hydrogens is 240 g/mol. The van der Waals surface area contributed by atoms with Gasteiger partial charge in [0.25, 0.3) is 0 Å². The molecule has 1 N–H and O–H groups in total. The van der Waals surface area contributed by atoms with Crippen molar-refractivity contribution in [3.63, 3.8) is 0 Å². The van der Waals surface area contributed by atoms with Gasteiger partial charge < -0.3 is 14.9 Å². The number of aliphatic hydroxyl groups excluding tert-OH is 1. The summed E-state index contributed by atoms with van der Waals surface area (Å²) in [6.45, 7) is 4.56. The number of likely N-dealkylation sites (N-methyl/N-ethyl adjacent to an activating group) is 1. The first-order valence-corrected chi connectivity index (χ1v) is 7.90. The number of carbonyl (C=O) groups excluding carboxylic acids is 1. The Bertz CT molecular complexity index is 352. The van der Waals surface area contributed by atoms with E-state index in [0.717, 1.165) is 38.9 Å². The topological polar surface area (TPSA) is 43.8 Å². The van der Waals surface area contributed by atoms with Crippen LogP contribution in [0, 0.1) is 5.41 Å². The van der Waals surface area contributed by atoms with Gasteiger partial charge in [-0.15, -0.1) is 0 Å². The molecule has 108 valence electrons. The van der Waals surface area contributed by atoms with Crippen molar-refractivity contribution in [2.24, 2.45) is 5.41 Å². The maximum atomic E-state index is 12.5. The number of amides is 2. The predicted octanol–water partition coefficient (Wildman–Crippen LogP) is 2.22. The van der Waals surface area contributed by atoms with Gasteiger partial charge in [-0.3, -0.25) is 0 Å². The van der Waals surface area contributed by atoms with Gasteiger partial charge in [0.15, 0.2) is 0 Å². The van der Waals surface area contributed by atoms with Crippen LogP contribution in [0.4, 0.5) is 4.79 Å². The summed E-state index contributed by atoms with van der Waals surface area (Å²) in [6, 6.07) is 0.482. The molecule has 2 unspecified atom stereocenters. The predicted molar refractivity (Wildman–Crippen MR) is 73.9 cm³/mol. The van der Waals surface area contributed by atoms with Crippen molar-refractivity contribution in [2.75, 3.05) is 19.6 Å². The van der Waals surface area contributed by atoms with Crippen LogP contribution in [0.5, 0.6) is 0 Å². The lowest BCUT2D eigenvalue weighted by Gasteiger charge is -2.47. The molecule has 4 heteroatoms. The van der Waals surface area contributed by atoms with Crippen LogP contribution < -0.4 is 0 Å². The largest absolute Gasteiger partial charge is 0.393 e. The molecule has 0 aromatic heterocycles. The molecule has 4 nitrogen and oxygen atoms in total. The maximum Gasteiger partial charge on any atom is 0.320 e. The molecule has 1 spiro atoms. The van der Waals surface area contributed by atoms with Gasteiger partial charge in [0.2, 0.25) is 0 Å². The average Bonchev–Trinajstić information content (AvgIpc) is 3.01. The van der Waals surface area contributed by atoms with Crippen molar-refractivity contribution in [2.45, 2.75) is 64.0 Å². The van der Waals surface area contributed by atoms with Crippen molar-refractivity contribution < 1.29 is 9.90 Å². The molecule has 0 bridgehead atoms. The highest BCUT2D eigenvalue weighted by Gasteiger charge is 2.50. The first kappa shape index (κ1) is 13.2. The maximum absolute atomic E-state index is 12.5. The minimum absolute atomic E-state index is 0.202. The highest BCUT2D eigenvalue weighted by atomic mass is 16.3. The summed E-state index contributed by atoms with van der Waals surface area (Å²) < 4.78 is 0. The quantitative estimate of drug-likeness (QED) is 0.833. The molecule has 1 aliphatic heterocycles. The molecule has 1 heterocycles. The van der Waals surface area contributed by atoms with E-state index in [4.69, 9.17) is 0 Å². The van der Waals surface area contributed by atoms with E-state index < -0.39 is 0 Å². The van der Waals surface area contributed by atoms with Crippen molar-refractivity contribution in [1.82, 2.24) is 9.80 Å². The molecule has 0 radical (unpaired) electrons. The Labute approximate surface area is 115 Å². The van der Waals surface area contributed by atoms with Gasteiger partial charge in [-0.2, -0.15) is 0 Å². The Morgan fingerprint density at radius 1 is 1.26 bits per heavy atom. The first-order valence-electron chi connectivity index (χ1n) is 7.90. The van der Waals surface area contributed by atoms with Gasteiger partial charge in [-0.05, 0) is 44.4 Å². The standard InChI is InChI=1S/C15H26N2O2/c1-2-16-9-10-17(14(16)19)13-11-12(18)5-8-15(13)6-3-4-7-15/h12-13,18H,2-11H2,1H3. The van der Waals surface area contributed by atoms with Gasteiger partial charge in [0.05, 0.1) is 6.10 Å². The number of hydrogen-bond acceptors (Lipinski definition) is 2. The molecule has 3 fully saturated rings. The lowest BCUT2D eigenvalue weighted by atomic mass is 9.67. The second kappa shape index (κ2) is 4.97. The van der Waals surface area contributed by atoms with E-state index >= 15 is 0 Å². The summed E-state index contributed by atoms with van der Waals surface area (Å²) in [5.74, 6) is 0. The van der Waals surface area contributed by atoms with Gasteiger partial charge in [0, 0.05) is 25.7 Å². The Morgan fingerprint density at radius 2 is 2.00 bits per heavy atom. The zero-order chi connectivity index (χ0) is 13.5. The van der Waals surface area contributed by atoms with Crippen LogP contribution in [0.1, 0.15) is 51.9 Å².